The minimum atomic E-state index is -0.808. The lowest BCUT2D eigenvalue weighted by Gasteiger charge is -2.21. The third-order valence-corrected chi connectivity index (χ3v) is 3.54. The predicted octanol–water partition coefficient (Wildman–Crippen LogP) is 4.19. The molecule has 2 N–H and O–H groups in total. The van der Waals surface area contributed by atoms with Crippen LogP contribution >= 0.6 is 0 Å². The first-order valence-electron chi connectivity index (χ1n) is 8.00. The Morgan fingerprint density at radius 1 is 0.947 bits per heavy atom. The fraction of sp³-hybridized carbons (Fsp3) is 0.938. The molecule has 0 bridgehead atoms. The number of hydrogen-bond donors (Lipinski definition) is 1. The molecule has 3 nitrogen and oxygen atoms in total. The van der Waals surface area contributed by atoms with Crippen molar-refractivity contribution in [3.63, 3.8) is 0 Å². The van der Waals surface area contributed by atoms with Crippen LogP contribution in [0.15, 0.2) is 0 Å². The Balaban J connectivity index is 3.45. The Morgan fingerprint density at radius 2 is 1.42 bits per heavy atom. The second-order valence-corrected chi connectivity index (χ2v) is 5.72. The van der Waals surface area contributed by atoms with Gasteiger partial charge in [0, 0.05) is 0 Å². The second kappa shape index (κ2) is 11.3. The van der Waals surface area contributed by atoms with Crippen LogP contribution in [-0.4, -0.2) is 18.1 Å². The van der Waals surface area contributed by atoms with Gasteiger partial charge < -0.3 is 10.5 Å². The van der Waals surface area contributed by atoms with Crippen LogP contribution in [0.5, 0.6) is 0 Å². The van der Waals surface area contributed by atoms with E-state index >= 15 is 0 Å². The molecule has 3 heteroatoms. The first-order valence-corrected chi connectivity index (χ1v) is 8.00. The maximum absolute atomic E-state index is 11.6. The van der Waals surface area contributed by atoms with E-state index in [1.54, 1.807) is 6.92 Å². The van der Waals surface area contributed by atoms with E-state index in [4.69, 9.17) is 10.5 Å². The smallest absolute Gasteiger partial charge is 0.325 e. The van der Waals surface area contributed by atoms with Gasteiger partial charge >= 0.3 is 5.97 Å². The average Bonchev–Trinajstić information content (AvgIpc) is 2.37. The highest BCUT2D eigenvalue weighted by Crippen LogP contribution is 2.16. The van der Waals surface area contributed by atoms with E-state index in [0.29, 0.717) is 6.61 Å². The van der Waals surface area contributed by atoms with Gasteiger partial charge in [-0.2, -0.15) is 0 Å². The summed E-state index contributed by atoms with van der Waals surface area (Å²) < 4.78 is 4.98. The molecule has 0 aromatic rings. The van der Waals surface area contributed by atoms with Crippen LogP contribution < -0.4 is 5.73 Å². The number of esters is 1. The fourth-order valence-corrected chi connectivity index (χ4v) is 2.20. The highest BCUT2D eigenvalue weighted by atomic mass is 16.5. The van der Waals surface area contributed by atoms with E-state index in [2.05, 4.69) is 6.92 Å². The standard InChI is InChI=1S/C16H33NO2/c1-4-6-7-8-9-10-11-12-13-14-16(3,17)15(18)19-5-2/h4-14,17H2,1-3H3. The first kappa shape index (κ1) is 18.4. The Hall–Kier alpha value is -0.570. The monoisotopic (exact) mass is 271 g/mol. The molecule has 0 aliphatic heterocycles. The van der Waals surface area contributed by atoms with E-state index in [-0.39, 0.29) is 5.97 Å². The minimum Gasteiger partial charge on any atom is -0.465 e. The lowest BCUT2D eigenvalue weighted by molar-refractivity contribution is -0.149. The van der Waals surface area contributed by atoms with Crippen LogP contribution in [0.1, 0.15) is 85.0 Å². The van der Waals surface area contributed by atoms with Gasteiger partial charge in [-0.05, 0) is 20.3 Å². The molecule has 0 rings (SSSR count). The summed E-state index contributed by atoms with van der Waals surface area (Å²) in [6.07, 6.45) is 12.2. The van der Waals surface area contributed by atoms with Crippen molar-refractivity contribution < 1.29 is 9.53 Å². The van der Waals surface area contributed by atoms with Gasteiger partial charge in [0.15, 0.2) is 0 Å². The summed E-state index contributed by atoms with van der Waals surface area (Å²) in [4.78, 5) is 11.6. The van der Waals surface area contributed by atoms with Crippen LogP contribution in [0.4, 0.5) is 0 Å². The number of carbonyl (C=O) groups excluding carboxylic acids is 1. The molecule has 0 aliphatic rings. The molecule has 19 heavy (non-hydrogen) atoms. The average molecular weight is 271 g/mol. The van der Waals surface area contributed by atoms with E-state index < -0.39 is 5.54 Å². The van der Waals surface area contributed by atoms with Gasteiger partial charge in [-0.3, -0.25) is 4.79 Å². The van der Waals surface area contributed by atoms with E-state index in [9.17, 15) is 4.79 Å². The second-order valence-electron chi connectivity index (χ2n) is 5.72. The number of unbranched alkanes of at least 4 members (excludes halogenated alkanes) is 8. The van der Waals surface area contributed by atoms with Gasteiger partial charge in [0.05, 0.1) is 6.61 Å². The molecule has 0 aromatic heterocycles. The molecular weight excluding hydrogens is 238 g/mol. The van der Waals surface area contributed by atoms with Crippen molar-refractivity contribution in [2.24, 2.45) is 5.73 Å². The van der Waals surface area contributed by atoms with Crippen molar-refractivity contribution in [1.82, 2.24) is 0 Å². The van der Waals surface area contributed by atoms with Crippen LogP contribution in [0, 0.1) is 0 Å². The number of hydrogen-bond acceptors (Lipinski definition) is 3. The van der Waals surface area contributed by atoms with Crippen LogP contribution in [-0.2, 0) is 9.53 Å². The SMILES string of the molecule is CCCCCCCCCCCC(C)(N)C(=O)OCC. The third-order valence-electron chi connectivity index (χ3n) is 3.54. The first-order chi connectivity index (χ1) is 9.04. The maximum Gasteiger partial charge on any atom is 0.325 e. The van der Waals surface area contributed by atoms with Crippen LogP contribution in [0.3, 0.4) is 0 Å². The van der Waals surface area contributed by atoms with E-state index in [1.165, 1.54) is 51.4 Å². The molecule has 1 atom stereocenters. The zero-order chi connectivity index (χ0) is 14.6. The quantitative estimate of drug-likeness (QED) is 0.428. The summed E-state index contributed by atoms with van der Waals surface area (Å²) in [6.45, 7) is 6.24. The summed E-state index contributed by atoms with van der Waals surface area (Å²) >= 11 is 0. The van der Waals surface area contributed by atoms with E-state index in [1.807, 2.05) is 6.92 Å². The number of carbonyl (C=O) groups is 1. The number of nitrogens with two attached hydrogens (primary N) is 1. The van der Waals surface area contributed by atoms with Crippen molar-refractivity contribution in [3.8, 4) is 0 Å². The Kier molecular flexibility index (Phi) is 10.9. The molecule has 1 unspecified atom stereocenters. The topological polar surface area (TPSA) is 52.3 Å². The molecule has 0 aliphatic carbocycles. The minimum absolute atomic E-state index is 0.269. The van der Waals surface area contributed by atoms with Gasteiger partial charge in [0.1, 0.15) is 5.54 Å². The molecule has 114 valence electrons. The van der Waals surface area contributed by atoms with Crippen LogP contribution in [0.25, 0.3) is 0 Å². The molecule has 0 saturated carbocycles. The van der Waals surface area contributed by atoms with Crippen LogP contribution in [0.2, 0.25) is 0 Å². The summed E-state index contributed by atoms with van der Waals surface area (Å²) in [6, 6.07) is 0. The molecular formula is C16H33NO2. The van der Waals surface area contributed by atoms with Crippen molar-refractivity contribution in [2.75, 3.05) is 6.61 Å². The Labute approximate surface area is 119 Å². The summed E-state index contributed by atoms with van der Waals surface area (Å²) in [5.41, 5.74) is 5.16. The molecule has 0 fully saturated rings. The van der Waals surface area contributed by atoms with Gasteiger partial charge in [0.25, 0.3) is 0 Å². The van der Waals surface area contributed by atoms with Gasteiger partial charge in [-0.25, -0.2) is 0 Å². The fourth-order valence-electron chi connectivity index (χ4n) is 2.20. The van der Waals surface area contributed by atoms with E-state index in [0.717, 1.165) is 12.8 Å². The zero-order valence-corrected chi connectivity index (χ0v) is 13.2. The molecule has 0 aromatic carbocycles. The van der Waals surface area contributed by atoms with Crippen molar-refractivity contribution in [1.29, 1.82) is 0 Å². The molecule has 0 saturated heterocycles. The Bertz CT molecular complexity index is 227. The lowest BCUT2D eigenvalue weighted by Crippen LogP contribution is -2.46. The summed E-state index contributed by atoms with van der Waals surface area (Å²) in [7, 11) is 0. The summed E-state index contributed by atoms with van der Waals surface area (Å²) in [5, 5.41) is 0. The Morgan fingerprint density at radius 3 is 1.89 bits per heavy atom. The maximum atomic E-state index is 11.6. The third kappa shape index (κ3) is 9.94. The van der Waals surface area contributed by atoms with Crippen molar-refractivity contribution in [2.45, 2.75) is 90.5 Å². The van der Waals surface area contributed by atoms with Crippen molar-refractivity contribution in [3.05, 3.63) is 0 Å². The van der Waals surface area contributed by atoms with Gasteiger partial charge in [-0.15, -0.1) is 0 Å². The highest BCUT2D eigenvalue weighted by molar-refractivity contribution is 5.79. The molecule has 0 radical (unpaired) electrons. The number of rotatable bonds is 12. The van der Waals surface area contributed by atoms with Gasteiger partial charge in [-0.1, -0.05) is 64.7 Å². The zero-order valence-electron chi connectivity index (χ0n) is 13.2. The number of ether oxygens (including phenoxy) is 1. The molecule has 0 spiro atoms. The van der Waals surface area contributed by atoms with Crippen molar-refractivity contribution >= 4 is 5.97 Å². The lowest BCUT2D eigenvalue weighted by atomic mass is 9.95. The highest BCUT2D eigenvalue weighted by Gasteiger charge is 2.28. The predicted molar refractivity (Wildman–Crippen MR) is 81.1 cm³/mol. The normalized spacial score (nSPS) is 14.1. The van der Waals surface area contributed by atoms with Gasteiger partial charge in [0.2, 0.25) is 0 Å². The molecule has 0 amide bonds. The molecule has 0 heterocycles. The largest absolute Gasteiger partial charge is 0.465 e. The summed E-state index contributed by atoms with van der Waals surface area (Å²) in [5.74, 6) is -0.269.